The molecule has 1 aliphatic heterocycles. The highest BCUT2D eigenvalue weighted by atomic mass is 32.1. The molecule has 1 saturated heterocycles. The predicted octanol–water partition coefficient (Wildman–Crippen LogP) is 6.04. The second-order valence-electron chi connectivity index (χ2n) is 8.42. The second-order valence-corrected chi connectivity index (χ2v) is 9.31. The zero-order valence-electron chi connectivity index (χ0n) is 18.9. The number of aromatic nitrogens is 1. The number of para-hydroxylation sites is 1. The molecule has 0 atom stereocenters. The standard InChI is InChI=1S/C27H29N3O2S/c1-3-4-9-25(31)30-16-14-21(15-17-30)27-29-24(18-33-27)26(32)28-23-8-6-5-7-22(23)20-12-10-19(2)11-13-20/h3,5-8,10-13,18,21H,1,4,9,14-17H2,2H3,(H,28,32). The van der Waals surface area contributed by atoms with Crippen molar-refractivity contribution in [3.05, 3.63) is 82.8 Å². The van der Waals surface area contributed by atoms with Gasteiger partial charge in [-0.2, -0.15) is 0 Å². The van der Waals surface area contributed by atoms with E-state index in [4.69, 9.17) is 0 Å². The number of nitrogens with one attached hydrogen (secondary N) is 1. The third-order valence-corrected chi connectivity index (χ3v) is 7.06. The summed E-state index contributed by atoms with van der Waals surface area (Å²) >= 11 is 1.53. The Morgan fingerprint density at radius 2 is 1.88 bits per heavy atom. The molecule has 0 aliphatic carbocycles. The molecule has 0 radical (unpaired) electrons. The molecule has 2 aromatic carbocycles. The Bertz CT molecular complexity index is 1130. The van der Waals surface area contributed by atoms with Gasteiger partial charge in [0.15, 0.2) is 0 Å². The van der Waals surface area contributed by atoms with Crippen LogP contribution in [-0.2, 0) is 4.79 Å². The lowest BCUT2D eigenvalue weighted by Gasteiger charge is -2.31. The van der Waals surface area contributed by atoms with E-state index < -0.39 is 0 Å². The Kier molecular flexibility index (Phi) is 7.35. The first-order valence-electron chi connectivity index (χ1n) is 11.4. The van der Waals surface area contributed by atoms with E-state index in [0.29, 0.717) is 18.0 Å². The van der Waals surface area contributed by atoms with Crippen LogP contribution >= 0.6 is 11.3 Å². The number of carbonyl (C=O) groups is 2. The summed E-state index contributed by atoms with van der Waals surface area (Å²) in [4.78, 5) is 31.8. The number of hydrogen-bond acceptors (Lipinski definition) is 4. The van der Waals surface area contributed by atoms with Gasteiger partial charge in [0, 0.05) is 42.1 Å². The number of likely N-dealkylation sites (tertiary alicyclic amines) is 1. The molecule has 33 heavy (non-hydrogen) atoms. The number of anilines is 1. The number of benzene rings is 2. The van der Waals surface area contributed by atoms with Crippen molar-refractivity contribution in [2.45, 2.75) is 38.5 Å². The van der Waals surface area contributed by atoms with Crippen LogP contribution in [-0.4, -0.2) is 34.8 Å². The number of carbonyl (C=O) groups excluding carboxylic acids is 2. The molecule has 6 heteroatoms. The molecule has 1 fully saturated rings. The third kappa shape index (κ3) is 5.57. The maximum Gasteiger partial charge on any atom is 0.275 e. The summed E-state index contributed by atoms with van der Waals surface area (Å²) in [7, 11) is 0. The highest BCUT2D eigenvalue weighted by Crippen LogP contribution is 2.32. The van der Waals surface area contributed by atoms with Crippen molar-refractivity contribution in [2.75, 3.05) is 18.4 Å². The summed E-state index contributed by atoms with van der Waals surface area (Å²) in [6, 6.07) is 16.1. The summed E-state index contributed by atoms with van der Waals surface area (Å²) < 4.78 is 0. The van der Waals surface area contributed by atoms with Crippen molar-refractivity contribution >= 4 is 28.8 Å². The Balaban J connectivity index is 1.40. The van der Waals surface area contributed by atoms with Gasteiger partial charge in [-0.25, -0.2) is 4.98 Å². The first-order valence-corrected chi connectivity index (χ1v) is 12.2. The number of rotatable bonds is 7. The monoisotopic (exact) mass is 459 g/mol. The van der Waals surface area contributed by atoms with Crippen LogP contribution < -0.4 is 5.32 Å². The first-order chi connectivity index (χ1) is 16.0. The van der Waals surface area contributed by atoms with Gasteiger partial charge in [-0.1, -0.05) is 54.1 Å². The molecular weight excluding hydrogens is 430 g/mol. The highest BCUT2D eigenvalue weighted by molar-refractivity contribution is 7.10. The van der Waals surface area contributed by atoms with Crippen molar-refractivity contribution in [3.63, 3.8) is 0 Å². The summed E-state index contributed by atoms with van der Waals surface area (Å²) in [5.74, 6) is 0.286. The number of aryl methyl sites for hydroxylation is 1. The van der Waals surface area contributed by atoms with Gasteiger partial charge in [0.1, 0.15) is 5.69 Å². The van der Waals surface area contributed by atoms with E-state index in [0.717, 1.165) is 54.2 Å². The average Bonchev–Trinajstić information content (AvgIpc) is 3.34. The maximum atomic E-state index is 13.0. The molecule has 5 nitrogen and oxygen atoms in total. The lowest BCUT2D eigenvalue weighted by atomic mass is 9.97. The third-order valence-electron chi connectivity index (χ3n) is 6.05. The van der Waals surface area contributed by atoms with E-state index in [9.17, 15) is 9.59 Å². The molecule has 170 valence electrons. The van der Waals surface area contributed by atoms with Gasteiger partial charge in [-0.15, -0.1) is 17.9 Å². The van der Waals surface area contributed by atoms with E-state index in [1.165, 1.54) is 16.9 Å². The molecule has 1 aliphatic rings. The summed E-state index contributed by atoms with van der Waals surface area (Å²) in [6.07, 6.45) is 4.79. The van der Waals surface area contributed by atoms with Crippen LogP contribution in [0.4, 0.5) is 5.69 Å². The average molecular weight is 460 g/mol. The van der Waals surface area contributed by atoms with E-state index in [2.05, 4.69) is 48.1 Å². The number of piperidine rings is 1. The lowest BCUT2D eigenvalue weighted by Crippen LogP contribution is -2.37. The normalized spacial score (nSPS) is 14.2. The van der Waals surface area contributed by atoms with Crippen molar-refractivity contribution in [3.8, 4) is 11.1 Å². The van der Waals surface area contributed by atoms with Crippen LogP contribution in [0.5, 0.6) is 0 Å². The van der Waals surface area contributed by atoms with E-state index in [1.807, 2.05) is 34.5 Å². The molecule has 4 rings (SSSR count). The van der Waals surface area contributed by atoms with Gasteiger partial charge in [-0.3, -0.25) is 9.59 Å². The smallest absolute Gasteiger partial charge is 0.275 e. The Labute approximate surface area is 199 Å². The number of amides is 2. The molecular formula is C27H29N3O2S. The van der Waals surface area contributed by atoms with Crippen LogP contribution in [0, 0.1) is 6.92 Å². The minimum atomic E-state index is -0.200. The van der Waals surface area contributed by atoms with Crippen LogP contribution in [0.2, 0.25) is 0 Å². The fourth-order valence-corrected chi connectivity index (χ4v) is 5.07. The van der Waals surface area contributed by atoms with Gasteiger partial charge in [0.25, 0.3) is 5.91 Å². The lowest BCUT2D eigenvalue weighted by molar-refractivity contribution is -0.132. The van der Waals surface area contributed by atoms with Crippen LogP contribution in [0.25, 0.3) is 11.1 Å². The van der Waals surface area contributed by atoms with Crippen LogP contribution in [0.3, 0.4) is 0 Å². The van der Waals surface area contributed by atoms with E-state index in [1.54, 1.807) is 6.08 Å². The zero-order valence-corrected chi connectivity index (χ0v) is 19.7. The van der Waals surface area contributed by atoms with E-state index in [-0.39, 0.29) is 11.8 Å². The summed E-state index contributed by atoms with van der Waals surface area (Å²) in [5, 5.41) is 5.85. The molecule has 2 heterocycles. The molecule has 0 bridgehead atoms. The van der Waals surface area contributed by atoms with Crippen molar-refractivity contribution in [2.24, 2.45) is 0 Å². The van der Waals surface area contributed by atoms with Crippen molar-refractivity contribution in [1.82, 2.24) is 9.88 Å². The van der Waals surface area contributed by atoms with Crippen molar-refractivity contribution in [1.29, 1.82) is 0 Å². The van der Waals surface area contributed by atoms with Gasteiger partial charge < -0.3 is 10.2 Å². The van der Waals surface area contributed by atoms with Crippen LogP contribution in [0.1, 0.15) is 52.7 Å². The number of nitrogens with zero attached hydrogens (tertiary/aromatic N) is 2. The minimum absolute atomic E-state index is 0.194. The fourth-order valence-electron chi connectivity index (χ4n) is 4.10. The van der Waals surface area contributed by atoms with Gasteiger partial charge in [-0.05, 0) is 37.8 Å². The fraction of sp³-hybridized carbons (Fsp3) is 0.296. The topological polar surface area (TPSA) is 62.3 Å². The quantitative estimate of drug-likeness (QED) is 0.438. The summed E-state index contributed by atoms with van der Waals surface area (Å²) in [5.41, 5.74) is 4.45. The SMILES string of the molecule is C=CCCC(=O)N1CCC(c2nc(C(=O)Nc3ccccc3-c3ccc(C)cc3)cs2)CC1. The first kappa shape index (κ1) is 22.9. The van der Waals surface area contributed by atoms with Gasteiger partial charge in [0.05, 0.1) is 5.01 Å². The second kappa shape index (κ2) is 10.6. The van der Waals surface area contributed by atoms with Crippen molar-refractivity contribution < 1.29 is 9.59 Å². The molecule has 3 aromatic rings. The maximum absolute atomic E-state index is 13.0. The van der Waals surface area contributed by atoms with E-state index >= 15 is 0 Å². The number of hydrogen-bond donors (Lipinski definition) is 1. The number of allylic oxidation sites excluding steroid dienone is 1. The molecule has 1 N–H and O–H groups in total. The number of thiazole rings is 1. The largest absolute Gasteiger partial charge is 0.343 e. The molecule has 2 amide bonds. The van der Waals surface area contributed by atoms with Gasteiger partial charge in [0.2, 0.25) is 5.91 Å². The zero-order chi connectivity index (χ0) is 23.2. The van der Waals surface area contributed by atoms with Crippen LogP contribution in [0.15, 0.2) is 66.6 Å². The minimum Gasteiger partial charge on any atom is -0.343 e. The predicted molar refractivity (Wildman–Crippen MR) is 135 cm³/mol. The molecule has 0 saturated carbocycles. The Hall–Kier alpha value is -3.25. The van der Waals surface area contributed by atoms with Gasteiger partial charge >= 0.3 is 0 Å². The highest BCUT2D eigenvalue weighted by Gasteiger charge is 2.26. The molecule has 0 unspecified atom stereocenters. The Morgan fingerprint density at radius 1 is 1.15 bits per heavy atom. The molecule has 1 aromatic heterocycles. The Morgan fingerprint density at radius 3 is 2.61 bits per heavy atom. The summed E-state index contributed by atoms with van der Waals surface area (Å²) in [6.45, 7) is 7.23. The molecule has 0 spiro atoms.